The molecule has 1 fully saturated rings. The molecule has 0 amide bonds. The molecule has 29 heavy (non-hydrogen) atoms. The van der Waals surface area contributed by atoms with Crippen LogP contribution in [0, 0.1) is 0 Å². The maximum atomic E-state index is 12.6. The molecular weight excluding hydrogens is 374 g/mol. The van der Waals surface area contributed by atoms with Crippen molar-refractivity contribution >= 4 is 35.5 Å². The number of aromatic nitrogens is 1. The molecule has 0 aromatic carbocycles. The number of furan rings is 1. The number of allylic oxidation sites excluding steroid dienone is 1. The van der Waals surface area contributed by atoms with Crippen LogP contribution in [-0.2, 0) is 9.47 Å². The first-order chi connectivity index (χ1) is 14.0. The molecule has 2 aromatic rings. The molecule has 4 heterocycles. The molecule has 2 aliphatic rings. The zero-order valence-electron chi connectivity index (χ0n) is 16.6. The van der Waals surface area contributed by atoms with Gasteiger partial charge in [-0.05, 0) is 39.0 Å². The SMILES string of the molecule is CCOC(=O)c1c(N2CC(C)OC(C)C2)oc(C=C2C=Nc3ncccc32)c1O. The molecule has 0 radical (unpaired) electrons. The van der Waals surface area contributed by atoms with Gasteiger partial charge in [-0.15, -0.1) is 0 Å². The molecule has 0 spiro atoms. The summed E-state index contributed by atoms with van der Waals surface area (Å²) in [6, 6.07) is 3.70. The Kier molecular flexibility index (Phi) is 5.10. The number of esters is 1. The van der Waals surface area contributed by atoms with E-state index >= 15 is 0 Å². The Morgan fingerprint density at radius 3 is 2.86 bits per heavy atom. The Morgan fingerprint density at radius 1 is 1.38 bits per heavy atom. The van der Waals surface area contributed by atoms with Crippen molar-refractivity contribution in [2.24, 2.45) is 4.99 Å². The van der Waals surface area contributed by atoms with Gasteiger partial charge < -0.3 is 23.9 Å². The van der Waals surface area contributed by atoms with E-state index in [1.54, 1.807) is 25.4 Å². The number of carbonyl (C=O) groups is 1. The van der Waals surface area contributed by atoms with Gasteiger partial charge in [0.25, 0.3) is 0 Å². The van der Waals surface area contributed by atoms with Crippen LogP contribution in [0.4, 0.5) is 11.7 Å². The molecule has 8 nitrogen and oxygen atoms in total. The van der Waals surface area contributed by atoms with Crippen LogP contribution in [0.1, 0.15) is 42.5 Å². The maximum absolute atomic E-state index is 12.6. The standard InChI is InChI=1S/C21H23N3O5/c1-4-27-21(26)17-18(25)16(8-14-9-23-19-15(14)6-5-7-22-19)29-20(17)24-10-12(2)28-13(3)11-24/h5-9,12-13,25H,4,10-11H2,1-3H3. The van der Waals surface area contributed by atoms with Crippen molar-refractivity contribution in [1.29, 1.82) is 0 Å². The van der Waals surface area contributed by atoms with Gasteiger partial charge in [0, 0.05) is 36.6 Å². The number of pyridine rings is 1. The van der Waals surface area contributed by atoms with Gasteiger partial charge >= 0.3 is 5.97 Å². The molecule has 1 N–H and O–H groups in total. The van der Waals surface area contributed by atoms with Crippen molar-refractivity contribution in [2.45, 2.75) is 33.0 Å². The third-order valence-corrected chi connectivity index (χ3v) is 4.79. The predicted molar refractivity (Wildman–Crippen MR) is 109 cm³/mol. The fraction of sp³-hybridized carbons (Fsp3) is 0.381. The third-order valence-electron chi connectivity index (χ3n) is 4.79. The van der Waals surface area contributed by atoms with E-state index in [1.807, 2.05) is 30.9 Å². The second-order valence-electron chi connectivity index (χ2n) is 7.11. The minimum absolute atomic E-state index is 0.0290. The average Bonchev–Trinajstić information content (AvgIpc) is 3.23. The van der Waals surface area contributed by atoms with Crippen molar-refractivity contribution in [3.05, 3.63) is 35.2 Å². The number of morpholine rings is 1. The lowest BCUT2D eigenvalue weighted by Gasteiger charge is -2.35. The summed E-state index contributed by atoms with van der Waals surface area (Å²) in [5.41, 5.74) is 1.60. The minimum atomic E-state index is -0.623. The van der Waals surface area contributed by atoms with Gasteiger partial charge in [0.1, 0.15) is 0 Å². The summed E-state index contributed by atoms with van der Waals surface area (Å²) in [5.74, 6) is 0.196. The molecule has 2 aliphatic heterocycles. The Morgan fingerprint density at radius 2 is 2.14 bits per heavy atom. The van der Waals surface area contributed by atoms with Crippen molar-refractivity contribution in [1.82, 2.24) is 4.98 Å². The van der Waals surface area contributed by atoms with E-state index in [0.29, 0.717) is 18.9 Å². The van der Waals surface area contributed by atoms with Crippen LogP contribution in [-0.4, -0.2) is 54.2 Å². The quantitative estimate of drug-likeness (QED) is 0.790. The highest BCUT2D eigenvalue weighted by atomic mass is 16.5. The number of fused-ring (bicyclic) bond motifs is 1. The monoisotopic (exact) mass is 397 g/mol. The van der Waals surface area contributed by atoms with Gasteiger partial charge in [0.15, 0.2) is 22.9 Å². The largest absolute Gasteiger partial charge is 0.504 e. The molecule has 0 saturated carbocycles. The van der Waals surface area contributed by atoms with Crippen LogP contribution in [0.2, 0.25) is 0 Å². The number of ether oxygens (including phenoxy) is 2. The van der Waals surface area contributed by atoms with Gasteiger partial charge in [0.05, 0.1) is 18.8 Å². The fourth-order valence-corrected chi connectivity index (χ4v) is 3.66. The number of aliphatic imine (C=N–C) groups is 1. The number of carbonyl (C=O) groups excluding carboxylic acids is 1. The van der Waals surface area contributed by atoms with E-state index in [4.69, 9.17) is 13.9 Å². The van der Waals surface area contributed by atoms with Crippen molar-refractivity contribution < 1.29 is 23.8 Å². The summed E-state index contributed by atoms with van der Waals surface area (Å²) in [6.45, 7) is 6.90. The lowest BCUT2D eigenvalue weighted by Crippen LogP contribution is -2.45. The van der Waals surface area contributed by atoms with Crippen LogP contribution in [0.5, 0.6) is 5.75 Å². The number of hydrogen-bond donors (Lipinski definition) is 1. The zero-order chi connectivity index (χ0) is 20.5. The van der Waals surface area contributed by atoms with Crippen molar-refractivity contribution in [3.63, 3.8) is 0 Å². The predicted octanol–water partition coefficient (Wildman–Crippen LogP) is 3.43. The number of aromatic hydroxyl groups is 1. The van der Waals surface area contributed by atoms with Gasteiger partial charge in [-0.3, -0.25) is 0 Å². The van der Waals surface area contributed by atoms with E-state index < -0.39 is 5.97 Å². The summed E-state index contributed by atoms with van der Waals surface area (Å²) in [7, 11) is 0. The molecular formula is C21H23N3O5. The molecule has 8 heteroatoms. The highest BCUT2D eigenvalue weighted by Gasteiger charge is 2.33. The molecule has 152 valence electrons. The van der Waals surface area contributed by atoms with Crippen LogP contribution in [0.25, 0.3) is 11.6 Å². The average molecular weight is 397 g/mol. The lowest BCUT2D eigenvalue weighted by atomic mass is 10.1. The highest BCUT2D eigenvalue weighted by Crippen LogP contribution is 2.40. The minimum Gasteiger partial charge on any atom is -0.504 e. The number of hydrogen-bond acceptors (Lipinski definition) is 8. The molecule has 4 rings (SSSR count). The first-order valence-corrected chi connectivity index (χ1v) is 9.62. The first kappa shape index (κ1) is 19.2. The Bertz CT molecular complexity index is 984. The van der Waals surface area contributed by atoms with Crippen molar-refractivity contribution in [3.8, 4) is 5.75 Å². The van der Waals surface area contributed by atoms with Crippen LogP contribution in [0.3, 0.4) is 0 Å². The molecule has 0 bridgehead atoms. The summed E-state index contributed by atoms with van der Waals surface area (Å²) in [6.07, 6.45) is 4.90. The van der Waals surface area contributed by atoms with Gasteiger partial charge in [-0.1, -0.05) is 0 Å². The highest BCUT2D eigenvalue weighted by molar-refractivity contribution is 6.21. The summed E-state index contributed by atoms with van der Waals surface area (Å²) in [5, 5.41) is 10.8. The smallest absolute Gasteiger partial charge is 0.347 e. The molecule has 1 saturated heterocycles. The van der Waals surface area contributed by atoms with E-state index in [-0.39, 0.29) is 41.8 Å². The van der Waals surface area contributed by atoms with Crippen LogP contribution < -0.4 is 4.90 Å². The summed E-state index contributed by atoms with van der Waals surface area (Å²) in [4.78, 5) is 23.0. The fourth-order valence-electron chi connectivity index (χ4n) is 3.66. The second kappa shape index (κ2) is 7.71. The Hall–Kier alpha value is -3.13. The normalized spacial score (nSPS) is 22.2. The summed E-state index contributed by atoms with van der Waals surface area (Å²) >= 11 is 0. The zero-order valence-corrected chi connectivity index (χ0v) is 16.6. The van der Waals surface area contributed by atoms with Crippen molar-refractivity contribution in [2.75, 3.05) is 24.6 Å². The van der Waals surface area contributed by atoms with Gasteiger partial charge in [0.2, 0.25) is 5.88 Å². The van der Waals surface area contributed by atoms with Crippen LogP contribution in [0.15, 0.2) is 27.7 Å². The van der Waals surface area contributed by atoms with E-state index in [1.165, 1.54) is 0 Å². The van der Waals surface area contributed by atoms with E-state index in [2.05, 4.69) is 9.98 Å². The second-order valence-corrected chi connectivity index (χ2v) is 7.11. The number of anilines is 1. The summed E-state index contributed by atoms with van der Waals surface area (Å²) < 4.78 is 16.9. The third kappa shape index (κ3) is 3.63. The lowest BCUT2D eigenvalue weighted by molar-refractivity contribution is -0.00657. The maximum Gasteiger partial charge on any atom is 0.347 e. The molecule has 2 aromatic heterocycles. The van der Waals surface area contributed by atoms with E-state index in [0.717, 1.165) is 11.1 Å². The topological polar surface area (TPSA) is 97.4 Å². The Labute approximate surface area is 168 Å². The molecule has 2 unspecified atom stereocenters. The van der Waals surface area contributed by atoms with Gasteiger partial charge in [-0.2, -0.15) is 0 Å². The van der Waals surface area contributed by atoms with Crippen LogP contribution >= 0.6 is 0 Å². The number of nitrogens with zero attached hydrogens (tertiary/aromatic N) is 3. The molecule has 0 aliphatic carbocycles. The number of rotatable bonds is 4. The molecule has 2 atom stereocenters. The first-order valence-electron chi connectivity index (χ1n) is 9.62. The Balaban J connectivity index is 1.77. The van der Waals surface area contributed by atoms with E-state index in [9.17, 15) is 9.90 Å². The van der Waals surface area contributed by atoms with Gasteiger partial charge in [-0.25, -0.2) is 14.8 Å².